The number of aliphatic hydroxyl groups excluding tert-OH is 1. The number of fused-ring (bicyclic) bond motifs is 1. The first kappa shape index (κ1) is 10.9. The zero-order valence-electron chi connectivity index (χ0n) is 9.80. The second kappa shape index (κ2) is 4.54. The van der Waals surface area contributed by atoms with Crippen LogP contribution in [0.5, 0.6) is 0 Å². The summed E-state index contributed by atoms with van der Waals surface area (Å²) in [6, 6.07) is 11.7. The van der Waals surface area contributed by atoms with Gasteiger partial charge < -0.3 is 20.0 Å². The minimum atomic E-state index is 0.0831. The van der Waals surface area contributed by atoms with Crippen LogP contribution in [-0.2, 0) is 6.54 Å². The molecular weight excluding hydrogens is 228 g/mol. The van der Waals surface area contributed by atoms with Crippen LogP contribution in [0.3, 0.4) is 0 Å². The number of hydrogen-bond acceptors (Lipinski definition) is 3. The van der Waals surface area contributed by atoms with Gasteiger partial charge in [-0.1, -0.05) is 12.1 Å². The van der Waals surface area contributed by atoms with Crippen LogP contribution in [0.25, 0.3) is 11.0 Å². The monoisotopic (exact) mass is 242 g/mol. The van der Waals surface area contributed by atoms with Gasteiger partial charge >= 0.3 is 0 Å². The molecule has 92 valence electrons. The Kier molecular flexibility index (Phi) is 2.74. The molecule has 2 aromatic heterocycles. The minimum absolute atomic E-state index is 0.0831. The van der Waals surface area contributed by atoms with Gasteiger partial charge in [0.15, 0.2) is 0 Å². The van der Waals surface area contributed by atoms with E-state index >= 15 is 0 Å². The van der Waals surface area contributed by atoms with Crippen molar-refractivity contribution in [3.8, 4) is 0 Å². The lowest BCUT2D eigenvalue weighted by Crippen LogP contribution is -2.06. The van der Waals surface area contributed by atoms with Gasteiger partial charge in [0.1, 0.15) is 5.82 Å². The number of aromatic amines is 1. The van der Waals surface area contributed by atoms with Crippen molar-refractivity contribution < 1.29 is 5.11 Å². The molecule has 5 heteroatoms. The molecule has 0 radical (unpaired) electrons. The number of H-pyrrole nitrogens is 1. The number of anilines is 2. The molecule has 0 bridgehead atoms. The van der Waals surface area contributed by atoms with E-state index in [2.05, 4.69) is 15.3 Å². The average Bonchev–Trinajstić information content (AvgIpc) is 3.00. The molecule has 0 aliphatic heterocycles. The van der Waals surface area contributed by atoms with Crippen LogP contribution >= 0.6 is 0 Å². The van der Waals surface area contributed by atoms with Gasteiger partial charge in [0.05, 0.1) is 17.6 Å². The second-order valence-corrected chi connectivity index (χ2v) is 4.01. The van der Waals surface area contributed by atoms with Gasteiger partial charge in [0, 0.05) is 12.7 Å². The molecule has 2 heterocycles. The van der Waals surface area contributed by atoms with E-state index in [9.17, 15) is 0 Å². The lowest BCUT2D eigenvalue weighted by Gasteiger charge is -2.07. The molecule has 5 nitrogen and oxygen atoms in total. The number of aromatic nitrogens is 3. The van der Waals surface area contributed by atoms with Crippen LogP contribution in [0.1, 0.15) is 0 Å². The van der Waals surface area contributed by atoms with Crippen molar-refractivity contribution in [2.24, 2.45) is 0 Å². The van der Waals surface area contributed by atoms with E-state index in [0.29, 0.717) is 6.54 Å². The van der Waals surface area contributed by atoms with Crippen molar-refractivity contribution in [2.45, 2.75) is 6.54 Å². The number of nitrogens with one attached hydrogen (secondary N) is 2. The lowest BCUT2D eigenvalue weighted by atomic mass is 10.3. The maximum Gasteiger partial charge on any atom is 0.209 e. The number of rotatable bonds is 4. The smallest absolute Gasteiger partial charge is 0.209 e. The Bertz CT molecular complexity index is 642. The van der Waals surface area contributed by atoms with E-state index in [4.69, 9.17) is 5.11 Å². The molecule has 1 aromatic carbocycles. The van der Waals surface area contributed by atoms with Crippen LogP contribution in [0.2, 0.25) is 0 Å². The highest BCUT2D eigenvalue weighted by Gasteiger charge is 2.09. The number of benzene rings is 1. The van der Waals surface area contributed by atoms with Crippen LogP contribution in [0.15, 0.2) is 42.6 Å². The first-order chi connectivity index (χ1) is 8.88. The number of aliphatic hydroxyl groups is 1. The molecule has 18 heavy (non-hydrogen) atoms. The summed E-state index contributed by atoms with van der Waals surface area (Å²) in [5.41, 5.74) is 1.93. The topological polar surface area (TPSA) is 65.9 Å². The highest BCUT2D eigenvalue weighted by Crippen LogP contribution is 2.21. The van der Waals surface area contributed by atoms with Crippen molar-refractivity contribution >= 4 is 22.8 Å². The molecule has 0 aliphatic rings. The molecular formula is C13H14N4O. The summed E-state index contributed by atoms with van der Waals surface area (Å²) < 4.78 is 1.97. The van der Waals surface area contributed by atoms with Gasteiger partial charge in [0.2, 0.25) is 5.95 Å². The molecule has 0 unspecified atom stereocenters. The van der Waals surface area contributed by atoms with E-state index in [1.54, 1.807) is 0 Å². The van der Waals surface area contributed by atoms with Gasteiger partial charge in [-0.25, -0.2) is 4.98 Å². The summed E-state index contributed by atoms with van der Waals surface area (Å²) in [6.07, 6.45) is 1.85. The quantitative estimate of drug-likeness (QED) is 0.656. The third kappa shape index (κ3) is 1.84. The number of nitrogens with zero attached hydrogens (tertiary/aromatic N) is 2. The first-order valence-corrected chi connectivity index (χ1v) is 5.85. The Morgan fingerprint density at radius 1 is 1.22 bits per heavy atom. The zero-order chi connectivity index (χ0) is 12.4. The summed E-state index contributed by atoms with van der Waals surface area (Å²) >= 11 is 0. The normalized spacial score (nSPS) is 10.9. The second-order valence-electron chi connectivity index (χ2n) is 4.01. The van der Waals surface area contributed by atoms with Gasteiger partial charge in [0.25, 0.3) is 0 Å². The SMILES string of the molecule is OCCn1c(Nc2ccc[nH]2)nc2ccccc21. The van der Waals surface area contributed by atoms with Gasteiger partial charge in [-0.15, -0.1) is 0 Å². The van der Waals surface area contributed by atoms with Crippen molar-refractivity contribution in [1.29, 1.82) is 0 Å². The molecule has 0 atom stereocenters. The predicted molar refractivity (Wildman–Crippen MR) is 70.9 cm³/mol. The van der Waals surface area contributed by atoms with Gasteiger partial charge in [-0.05, 0) is 24.3 Å². The fraction of sp³-hybridized carbons (Fsp3) is 0.154. The zero-order valence-corrected chi connectivity index (χ0v) is 9.80. The van der Waals surface area contributed by atoms with Crippen molar-refractivity contribution in [3.05, 3.63) is 42.6 Å². The Labute approximate surface area is 104 Å². The summed E-state index contributed by atoms with van der Waals surface area (Å²) in [5, 5.41) is 12.4. The largest absolute Gasteiger partial charge is 0.395 e. The first-order valence-electron chi connectivity index (χ1n) is 5.85. The molecule has 0 saturated carbocycles. The van der Waals surface area contributed by atoms with Crippen LogP contribution in [0.4, 0.5) is 11.8 Å². The Hall–Kier alpha value is -2.27. The third-order valence-corrected chi connectivity index (χ3v) is 2.82. The van der Waals surface area contributed by atoms with Crippen molar-refractivity contribution in [3.63, 3.8) is 0 Å². The van der Waals surface area contributed by atoms with E-state index in [1.165, 1.54) is 0 Å². The van der Waals surface area contributed by atoms with E-state index in [-0.39, 0.29) is 6.61 Å². The molecule has 0 fully saturated rings. The summed E-state index contributed by atoms with van der Waals surface area (Å²) in [6.45, 7) is 0.601. The highest BCUT2D eigenvalue weighted by atomic mass is 16.3. The number of hydrogen-bond donors (Lipinski definition) is 3. The molecule has 3 aromatic rings. The molecule has 0 spiro atoms. The van der Waals surface area contributed by atoms with Gasteiger partial charge in [-0.3, -0.25) is 0 Å². The Balaban J connectivity index is 2.06. The molecule has 0 amide bonds. The summed E-state index contributed by atoms with van der Waals surface area (Å²) in [4.78, 5) is 7.60. The Morgan fingerprint density at radius 2 is 2.11 bits per heavy atom. The average molecular weight is 242 g/mol. The van der Waals surface area contributed by atoms with Crippen molar-refractivity contribution in [1.82, 2.24) is 14.5 Å². The minimum Gasteiger partial charge on any atom is -0.395 e. The highest BCUT2D eigenvalue weighted by molar-refractivity contribution is 5.79. The molecule has 0 aliphatic carbocycles. The van der Waals surface area contributed by atoms with Crippen molar-refractivity contribution in [2.75, 3.05) is 11.9 Å². The Morgan fingerprint density at radius 3 is 2.89 bits per heavy atom. The standard InChI is InChI=1S/C13H14N4O/c18-9-8-17-11-5-2-1-4-10(11)15-13(17)16-12-6-3-7-14-12/h1-7,14,18H,8-9H2,(H,15,16). The van der Waals surface area contributed by atoms with Gasteiger partial charge in [-0.2, -0.15) is 0 Å². The molecule has 3 N–H and O–H groups in total. The fourth-order valence-electron chi connectivity index (χ4n) is 2.03. The van der Waals surface area contributed by atoms with E-state index < -0.39 is 0 Å². The lowest BCUT2D eigenvalue weighted by molar-refractivity contribution is 0.278. The summed E-state index contributed by atoms with van der Waals surface area (Å²) in [5.74, 6) is 1.61. The predicted octanol–water partition coefficient (Wildman–Crippen LogP) is 2.10. The van der Waals surface area contributed by atoms with E-state index in [0.717, 1.165) is 22.8 Å². The fourth-order valence-corrected chi connectivity index (χ4v) is 2.03. The molecule has 0 saturated heterocycles. The number of imidazole rings is 1. The number of para-hydroxylation sites is 2. The maximum absolute atomic E-state index is 9.16. The third-order valence-electron chi connectivity index (χ3n) is 2.82. The molecule has 3 rings (SSSR count). The van der Waals surface area contributed by atoms with Crippen LogP contribution in [0, 0.1) is 0 Å². The van der Waals surface area contributed by atoms with Crippen LogP contribution < -0.4 is 5.32 Å². The maximum atomic E-state index is 9.16. The van der Waals surface area contributed by atoms with E-state index in [1.807, 2.05) is 47.2 Å². The van der Waals surface area contributed by atoms with Crippen LogP contribution in [-0.4, -0.2) is 26.2 Å². The summed E-state index contributed by atoms with van der Waals surface area (Å²) in [7, 11) is 0.